The van der Waals surface area contributed by atoms with Crippen LogP contribution in [-0.4, -0.2) is 52.2 Å². The van der Waals surface area contributed by atoms with Gasteiger partial charge in [-0.05, 0) is 12.1 Å². The molecule has 27 heavy (non-hydrogen) atoms. The van der Waals surface area contributed by atoms with Crippen LogP contribution in [0.25, 0.3) is 0 Å². The summed E-state index contributed by atoms with van der Waals surface area (Å²) in [5.41, 5.74) is 0.716. The van der Waals surface area contributed by atoms with E-state index >= 15 is 0 Å². The van der Waals surface area contributed by atoms with Crippen molar-refractivity contribution in [3.63, 3.8) is 0 Å². The third kappa shape index (κ3) is 4.43. The first-order chi connectivity index (χ1) is 13.1. The van der Waals surface area contributed by atoms with Crippen molar-refractivity contribution >= 4 is 17.8 Å². The summed E-state index contributed by atoms with van der Waals surface area (Å²) in [4.78, 5) is 37.8. The fraction of sp³-hybridized carbons (Fsp3) is 0.333. The zero-order chi connectivity index (χ0) is 19.2. The number of imide groups is 1. The van der Waals surface area contributed by atoms with Crippen LogP contribution in [0.15, 0.2) is 42.7 Å². The lowest BCUT2D eigenvalue weighted by atomic mass is 10.1. The fourth-order valence-corrected chi connectivity index (χ4v) is 2.87. The largest absolute Gasteiger partial charge is 0.496 e. The van der Waals surface area contributed by atoms with Gasteiger partial charge in [0.15, 0.2) is 0 Å². The van der Waals surface area contributed by atoms with Gasteiger partial charge < -0.3 is 15.4 Å². The van der Waals surface area contributed by atoms with Gasteiger partial charge in [-0.25, -0.2) is 4.79 Å². The Morgan fingerprint density at radius 1 is 1.30 bits per heavy atom. The molecule has 142 valence electrons. The van der Waals surface area contributed by atoms with E-state index in [1.165, 1.54) is 7.11 Å². The Kier molecular flexibility index (Phi) is 5.70. The Labute approximate surface area is 156 Å². The number of aromatic nitrogens is 2. The van der Waals surface area contributed by atoms with Gasteiger partial charge in [-0.15, -0.1) is 0 Å². The third-order valence-corrected chi connectivity index (χ3v) is 4.24. The molecule has 0 spiro atoms. The average molecular weight is 371 g/mol. The highest BCUT2D eigenvalue weighted by molar-refractivity contribution is 6.05. The Hall–Kier alpha value is -3.36. The molecule has 1 aromatic carbocycles. The molecule has 1 aromatic heterocycles. The maximum absolute atomic E-state index is 12.5. The number of nitrogens with zero attached hydrogens (tertiary/aromatic N) is 3. The number of benzene rings is 1. The number of nitrogens with one attached hydrogen (secondary N) is 2. The first-order valence-electron chi connectivity index (χ1n) is 8.56. The zero-order valence-electron chi connectivity index (χ0n) is 14.9. The van der Waals surface area contributed by atoms with Crippen LogP contribution in [0.1, 0.15) is 12.0 Å². The Morgan fingerprint density at radius 2 is 2.11 bits per heavy atom. The number of urea groups is 1. The molecule has 3 rings (SSSR count). The summed E-state index contributed by atoms with van der Waals surface area (Å²) >= 11 is 0. The average Bonchev–Trinajstić information content (AvgIpc) is 3.26. The van der Waals surface area contributed by atoms with E-state index in [2.05, 4.69) is 15.7 Å². The summed E-state index contributed by atoms with van der Waals surface area (Å²) in [6.07, 6.45) is 3.35. The Morgan fingerprint density at radius 3 is 2.85 bits per heavy atom. The van der Waals surface area contributed by atoms with Gasteiger partial charge in [0.2, 0.25) is 5.91 Å². The second-order valence-electron chi connectivity index (χ2n) is 6.06. The van der Waals surface area contributed by atoms with Gasteiger partial charge in [0, 0.05) is 24.5 Å². The standard InChI is InChI=1S/C18H21N5O4/c1-27-15-6-3-2-5-13(15)12-23-17(25)14(21-18(23)26)11-16(24)19-8-10-22-9-4-7-20-22/h2-7,9,14H,8,10-12H2,1H3,(H,19,24)(H,21,26)/t14-/m1/s1. The smallest absolute Gasteiger partial charge is 0.325 e. The van der Waals surface area contributed by atoms with E-state index < -0.39 is 18.0 Å². The quantitative estimate of drug-likeness (QED) is 0.658. The lowest BCUT2D eigenvalue weighted by Gasteiger charge is -2.15. The van der Waals surface area contributed by atoms with Crippen LogP contribution in [-0.2, 0) is 22.7 Å². The highest BCUT2D eigenvalue weighted by atomic mass is 16.5. The molecule has 0 saturated carbocycles. The SMILES string of the molecule is COc1ccccc1CN1C(=O)N[C@H](CC(=O)NCCn2cccn2)C1=O. The van der Waals surface area contributed by atoms with Crippen LogP contribution in [0.5, 0.6) is 5.75 Å². The molecule has 0 bridgehead atoms. The van der Waals surface area contributed by atoms with Crippen molar-refractivity contribution in [2.24, 2.45) is 0 Å². The van der Waals surface area contributed by atoms with Gasteiger partial charge in [-0.2, -0.15) is 5.10 Å². The number of carbonyl (C=O) groups excluding carboxylic acids is 3. The molecule has 1 fully saturated rings. The number of amides is 4. The Balaban J connectivity index is 1.53. The van der Waals surface area contributed by atoms with Crippen molar-refractivity contribution < 1.29 is 19.1 Å². The number of carbonyl (C=O) groups is 3. The monoisotopic (exact) mass is 371 g/mol. The maximum Gasteiger partial charge on any atom is 0.325 e. The maximum atomic E-state index is 12.5. The van der Waals surface area contributed by atoms with Crippen molar-refractivity contribution in [1.29, 1.82) is 0 Å². The van der Waals surface area contributed by atoms with Crippen molar-refractivity contribution in [3.8, 4) is 5.75 Å². The number of methoxy groups -OCH3 is 1. The summed E-state index contributed by atoms with van der Waals surface area (Å²) in [6, 6.07) is 7.58. The molecule has 1 saturated heterocycles. The highest BCUT2D eigenvalue weighted by Gasteiger charge is 2.39. The number of para-hydroxylation sites is 1. The van der Waals surface area contributed by atoms with E-state index in [1.54, 1.807) is 41.3 Å². The number of ether oxygens (including phenoxy) is 1. The van der Waals surface area contributed by atoms with E-state index in [-0.39, 0.29) is 18.9 Å². The molecule has 1 aliphatic rings. The van der Waals surface area contributed by atoms with Crippen LogP contribution >= 0.6 is 0 Å². The third-order valence-electron chi connectivity index (χ3n) is 4.24. The minimum atomic E-state index is -0.864. The Bertz CT molecular complexity index is 821. The predicted molar refractivity (Wildman–Crippen MR) is 95.7 cm³/mol. The highest BCUT2D eigenvalue weighted by Crippen LogP contribution is 2.21. The molecule has 0 aliphatic carbocycles. The molecular weight excluding hydrogens is 350 g/mol. The van der Waals surface area contributed by atoms with Gasteiger partial charge in [-0.3, -0.25) is 19.2 Å². The van der Waals surface area contributed by atoms with E-state index in [1.807, 2.05) is 6.07 Å². The van der Waals surface area contributed by atoms with Crippen LogP contribution in [0.4, 0.5) is 4.79 Å². The molecule has 2 heterocycles. The van der Waals surface area contributed by atoms with Crippen LogP contribution in [0.3, 0.4) is 0 Å². The van der Waals surface area contributed by atoms with Gasteiger partial charge in [0.1, 0.15) is 11.8 Å². The number of hydrogen-bond acceptors (Lipinski definition) is 5. The van der Waals surface area contributed by atoms with Crippen molar-refractivity contribution in [2.75, 3.05) is 13.7 Å². The predicted octanol–water partition coefficient (Wildman–Crippen LogP) is 0.519. The number of rotatable bonds is 8. The van der Waals surface area contributed by atoms with Crippen molar-refractivity contribution in [3.05, 3.63) is 48.3 Å². The molecule has 1 atom stereocenters. The molecule has 1 aliphatic heterocycles. The van der Waals surface area contributed by atoms with E-state index in [0.29, 0.717) is 24.4 Å². The molecule has 4 amide bonds. The van der Waals surface area contributed by atoms with E-state index in [9.17, 15) is 14.4 Å². The normalized spacial score (nSPS) is 16.3. The summed E-state index contributed by atoms with van der Waals surface area (Å²) in [6.45, 7) is 1.01. The molecule has 2 aromatic rings. The van der Waals surface area contributed by atoms with Crippen LogP contribution in [0.2, 0.25) is 0 Å². The summed E-state index contributed by atoms with van der Waals surface area (Å²) < 4.78 is 6.94. The van der Waals surface area contributed by atoms with E-state index in [4.69, 9.17) is 4.74 Å². The minimum Gasteiger partial charge on any atom is -0.496 e. The molecule has 0 unspecified atom stereocenters. The summed E-state index contributed by atoms with van der Waals surface area (Å²) in [7, 11) is 1.53. The first-order valence-corrected chi connectivity index (χ1v) is 8.56. The molecule has 9 nitrogen and oxygen atoms in total. The van der Waals surface area contributed by atoms with Gasteiger partial charge in [0.25, 0.3) is 5.91 Å². The minimum absolute atomic E-state index is 0.0894. The van der Waals surface area contributed by atoms with Gasteiger partial charge >= 0.3 is 6.03 Å². The van der Waals surface area contributed by atoms with Crippen LogP contribution < -0.4 is 15.4 Å². The second kappa shape index (κ2) is 8.35. The topological polar surface area (TPSA) is 106 Å². The summed E-state index contributed by atoms with van der Waals surface area (Å²) in [5.74, 6) is -0.133. The second-order valence-corrected chi connectivity index (χ2v) is 6.06. The lowest BCUT2D eigenvalue weighted by Crippen LogP contribution is -2.37. The lowest BCUT2D eigenvalue weighted by molar-refractivity contribution is -0.131. The zero-order valence-corrected chi connectivity index (χ0v) is 14.9. The molecule has 0 radical (unpaired) electrons. The van der Waals surface area contributed by atoms with E-state index in [0.717, 1.165) is 4.90 Å². The van der Waals surface area contributed by atoms with Gasteiger partial charge in [0.05, 0.1) is 26.6 Å². The number of hydrogen-bond donors (Lipinski definition) is 2. The van der Waals surface area contributed by atoms with Gasteiger partial charge in [-0.1, -0.05) is 18.2 Å². The molecule has 9 heteroatoms. The van der Waals surface area contributed by atoms with Crippen molar-refractivity contribution in [2.45, 2.75) is 25.6 Å². The molecule has 2 N–H and O–H groups in total. The first kappa shape index (κ1) is 18.4. The van der Waals surface area contributed by atoms with Crippen LogP contribution in [0, 0.1) is 0 Å². The fourth-order valence-electron chi connectivity index (χ4n) is 2.87. The summed E-state index contributed by atoms with van der Waals surface area (Å²) in [5, 5.41) is 9.33. The van der Waals surface area contributed by atoms with Crippen molar-refractivity contribution in [1.82, 2.24) is 25.3 Å². The molecular formula is C18H21N5O4.